The number of benzene rings is 1. The highest BCUT2D eigenvalue weighted by molar-refractivity contribution is 5.90. The first-order chi connectivity index (χ1) is 13.7. The average molecular weight is 376 g/mol. The molecule has 0 aliphatic carbocycles. The van der Waals surface area contributed by atoms with Crippen molar-refractivity contribution < 1.29 is 4.79 Å². The Hall–Kier alpha value is -3.48. The van der Waals surface area contributed by atoms with Crippen LogP contribution >= 0.6 is 0 Å². The fourth-order valence-corrected chi connectivity index (χ4v) is 2.78. The molecule has 28 heavy (non-hydrogen) atoms. The van der Waals surface area contributed by atoms with E-state index in [0.717, 1.165) is 34.5 Å². The van der Waals surface area contributed by atoms with Gasteiger partial charge < -0.3 is 16.0 Å². The molecule has 0 aliphatic heterocycles. The van der Waals surface area contributed by atoms with Crippen LogP contribution in [0.15, 0.2) is 55.1 Å². The quantitative estimate of drug-likeness (QED) is 0.582. The number of amides is 2. The second kappa shape index (κ2) is 9.45. The van der Waals surface area contributed by atoms with Gasteiger partial charge in [-0.2, -0.15) is 0 Å². The van der Waals surface area contributed by atoms with Crippen LogP contribution in [0.3, 0.4) is 0 Å². The van der Waals surface area contributed by atoms with Crippen LogP contribution < -0.4 is 16.0 Å². The second-order valence-electron chi connectivity index (χ2n) is 6.21. The maximum Gasteiger partial charge on any atom is 0.319 e. The number of aromatic nitrogens is 3. The summed E-state index contributed by atoms with van der Waals surface area (Å²) in [5.74, 6) is 0.698. The molecule has 0 atom stereocenters. The first-order valence-electron chi connectivity index (χ1n) is 9.32. The van der Waals surface area contributed by atoms with Gasteiger partial charge in [0, 0.05) is 36.7 Å². The molecule has 3 rings (SSSR count). The Balaban J connectivity index is 1.76. The van der Waals surface area contributed by atoms with Crippen molar-refractivity contribution in [3.05, 3.63) is 66.2 Å². The number of hydrogen-bond donors (Lipinski definition) is 3. The summed E-state index contributed by atoms with van der Waals surface area (Å²) in [5.41, 5.74) is 4.64. The number of aryl methyl sites for hydroxylation is 1. The Morgan fingerprint density at radius 2 is 1.96 bits per heavy atom. The lowest BCUT2D eigenvalue weighted by Gasteiger charge is -2.12. The molecule has 0 radical (unpaired) electrons. The summed E-state index contributed by atoms with van der Waals surface area (Å²) in [6, 6.07) is 9.59. The number of anilines is 2. The van der Waals surface area contributed by atoms with Crippen molar-refractivity contribution in [1.29, 1.82) is 0 Å². The van der Waals surface area contributed by atoms with Gasteiger partial charge in [-0.1, -0.05) is 19.1 Å². The Morgan fingerprint density at radius 3 is 2.71 bits per heavy atom. The molecule has 2 heterocycles. The Labute approximate surface area is 164 Å². The summed E-state index contributed by atoms with van der Waals surface area (Å²) in [5, 5.41) is 8.90. The molecular weight excluding hydrogens is 352 g/mol. The molecule has 1 aromatic carbocycles. The van der Waals surface area contributed by atoms with Crippen LogP contribution in [0.25, 0.3) is 11.3 Å². The molecule has 7 heteroatoms. The van der Waals surface area contributed by atoms with E-state index >= 15 is 0 Å². The standard InChI is InChI=1S/C21H24N6O/c1-3-16-10-17(7-8-18(16)27-21(28)24-4-2)19-13-23-14-20(26-19)25-12-15-6-5-9-22-11-15/h5-11,13-14H,3-4,12H2,1-2H3,(H,25,26)(H2,24,27,28). The number of hydrogen-bond acceptors (Lipinski definition) is 5. The van der Waals surface area contributed by atoms with Gasteiger partial charge in [0.2, 0.25) is 0 Å². The number of carbonyl (C=O) groups excluding carboxylic acids is 1. The SMILES string of the molecule is CCNC(=O)Nc1ccc(-c2cncc(NCc3cccnc3)n2)cc1CC. The predicted octanol–water partition coefficient (Wildman–Crippen LogP) is 3.85. The minimum atomic E-state index is -0.202. The lowest BCUT2D eigenvalue weighted by Crippen LogP contribution is -2.28. The average Bonchev–Trinajstić information content (AvgIpc) is 2.73. The molecule has 2 amide bonds. The molecular formula is C21H24N6O. The Kier molecular flexibility index (Phi) is 6.51. The third kappa shape index (κ3) is 5.03. The maximum atomic E-state index is 11.8. The van der Waals surface area contributed by atoms with Crippen LogP contribution in [0, 0.1) is 0 Å². The normalized spacial score (nSPS) is 10.4. The second-order valence-corrected chi connectivity index (χ2v) is 6.21. The number of rotatable bonds is 7. The van der Waals surface area contributed by atoms with Crippen molar-refractivity contribution in [3.63, 3.8) is 0 Å². The van der Waals surface area contributed by atoms with E-state index < -0.39 is 0 Å². The van der Waals surface area contributed by atoms with Crippen LogP contribution in [-0.4, -0.2) is 27.5 Å². The van der Waals surface area contributed by atoms with E-state index in [-0.39, 0.29) is 6.03 Å². The van der Waals surface area contributed by atoms with Crippen molar-refractivity contribution in [2.75, 3.05) is 17.2 Å². The van der Waals surface area contributed by atoms with Crippen molar-refractivity contribution in [1.82, 2.24) is 20.3 Å². The molecule has 0 bridgehead atoms. The molecule has 2 aromatic heterocycles. The van der Waals surface area contributed by atoms with Gasteiger partial charge in [0.25, 0.3) is 0 Å². The smallest absolute Gasteiger partial charge is 0.319 e. The van der Waals surface area contributed by atoms with E-state index in [1.54, 1.807) is 18.6 Å². The number of pyridine rings is 1. The first-order valence-corrected chi connectivity index (χ1v) is 9.32. The van der Waals surface area contributed by atoms with E-state index in [9.17, 15) is 4.79 Å². The Bertz CT molecular complexity index is 929. The van der Waals surface area contributed by atoms with E-state index in [1.807, 2.05) is 43.5 Å². The predicted molar refractivity (Wildman–Crippen MR) is 111 cm³/mol. The van der Waals surface area contributed by atoms with E-state index in [2.05, 4.69) is 37.8 Å². The van der Waals surface area contributed by atoms with Gasteiger partial charge in [0.1, 0.15) is 5.82 Å². The topological polar surface area (TPSA) is 91.8 Å². The van der Waals surface area contributed by atoms with Crippen LogP contribution in [0.1, 0.15) is 25.0 Å². The highest BCUT2D eigenvalue weighted by Gasteiger charge is 2.09. The fourth-order valence-electron chi connectivity index (χ4n) is 2.78. The fraction of sp³-hybridized carbons (Fsp3) is 0.238. The first kappa shape index (κ1) is 19.3. The molecule has 0 aliphatic rings. The molecule has 0 unspecified atom stereocenters. The van der Waals surface area contributed by atoms with Crippen LogP contribution in [0.5, 0.6) is 0 Å². The van der Waals surface area contributed by atoms with Gasteiger partial charge in [-0.25, -0.2) is 9.78 Å². The molecule has 7 nitrogen and oxygen atoms in total. The van der Waals surface area contributed by atoms with Gasteiger partial charge in [-0.05, 0) is 42.7 Å². The zero-order valence-corrected chi connectivity index (χ0v) is 16.1. The molecule has 3 aromatic rings. The summed E-state index contributed by atoms with van der Waals surface area (Å²) >= 11 is 0. The number of nitrogens with one attached hydrogen (secondary N) is 3. The number of nitrogens with zero attached hydrogens (tertiary/aromatic N) is 3. The molecule has 144 valence electrons. The minimum Gasteiger partial charge on any atom is -0.365 e. The van der Waals surface area contributed by atoms with Crippen molar-refractivity contribution >= 4 is 17.5 Å². The lowest BCUT2D eigenvalue weighted by molar-refractivity contribution is 0.252. The van der Waals surface area contributed by atoms with Crippen LogP contribution in [0.2, 0.25) is 0 Å². The summed E-state index contributed by atoms with van der Waals surface area (Å²) in [7, 11) is 0. The van der Waals surface area contributed by atoms with Crippen molar-refractivity contribution in [2.45, 2.75) is 26.8 Å². The maximum absolute atomic E-state index is 11.8. The largest absolute Gasteiger partial charge is 0.365 e. The summed E-state index contributed by atoms with van der Waals surface area (Å²) in [6.45, 7) is 5.15. The van der Waals surface area contributed by atoms with E-state index in [4.69, 9.17) is 0 Å². The summed E-state index contributed by atoms with van der Waals surface area (Å²) < 4.78 is 0. The summed E-state index contributed by atoms with van der Waals surface area (Å²) in [4.78, 5) is 24.9. The number of urea groups is 1. The van der Waals surface area contributed by atoms with E-state index in [0.29, 0.717) is 18.9 Å². The molecule has 0 fully saturated rings. The number of carbonyl (C=O) groups is 1. The van der Waals surface area contributed by atoms with Gasteiger partial charge in [0.15, 0.2) is 0 Å². The van der Waals surface area contributed by atoms with Crippen LogP contribution in [0.4, 0.5) is 16.3 Å². The van der Waals surface area contributed by atoms with Gasteiger partial charge >= 0.3 is 6.03 Å². The zero-order valence-electron chi connectivity index (χ0n) is 16.1. The highest BCUT2D eigenvalue weighted by Crippen LogP contribution is 2.25. The monoisotopic (exact) mass is 376 g/mol. The molecule has 0 saturated heterocycles. The minimum absolute atomic E-state index is 0.202. The third-order valence-corrected chi connectivity index (χ3v) is 4.20. The third-order valence-electron chi connectivity index (χ3n) is 4.20. The summed E-state index contributed by atoms with van der Waals surface area (Å²) in [6.07, 6.45) is 7.80. The Morgan fingerprint density at radius 1 is 1.07 bits per heavy atom. The van der Waals surface area contributed by atoms with Gasteiger partial charge in [-0.3, -0.25) is 9.97 Å². The molecule has 0 spiro atoms. The molecule has 3 N–H and O–H groups in total. The van der Waals surface area contributed by atoms with Crippen molar-refractivity contribution in [3.8, 4) is 11.3 Å². The highest BCUT2D eigenvalue weighted by atomic mass is 16.2. The van der Waals surface area contributed by atoms with Gasteiger partial charge in [-0.15, -0.1) is 0 Å². The zero-order chi connectivity index (χ0) is 19.8. The van der Waals surface area contributed by atoms with Crippen molar-refractivity contribution in [2.24, 2.45) is 0 Å². The molecule has 0 saturated carbocycles. The van der Waals surface area contributed by atoms with Gasteiger partial charge in [0.05, 0.1) is 18.1 Å². The van der Waals surface area contributed by atoms with E-state index in [1.165, 1.54) is 0 Å². The lowest BCUT2D eigenvalue weighted by atomic mass is 10.0. The van der Waals surface area contributed by atoms with Crippen LogP contribution in [-0.2, 0) is 13.0 Å².